The van der Waals surface area contributed by atoms with E-state index in [0.717, 1.165) is 30.2 Å². The molecule has 0 aliphatic heterocycles. The largest absolute Gasteiger partial charge is 0.477 e. The van der Waals surface area contributed by atoms with Crippen molar-refractivity contribution in [1.29, 1.82) is 0 Å². The lowest BCUT2D eigenvalue weighted by Gasteiger charge is -2.39. The third kappa shape index (κ3) is 2.90. The zero-order chi connectivity index (χ0) is 16.5. The molecule has 22 heavy (non-hydrogen) atoms. The standard InChI is InChI=1S/C19H27NO2/c1-6-18(3,4)13-19(5,7-2)20-15-11-9-8-10-14(15)12-16(20)17(21)22/h8-12H,6-7,13H2,1-5H3,(H,21,22). The van der Waals surface area contributed by atoms with Gasteiger partial charge in [-0.2, -0.15) is 0 Å². The van der Waals surface area contributed by atoms with E-state index in [9.17, 15) is 9.90 Å². The van der Waals surface area contributed by atoms with Crippen LogP contribution < -0.4 is 0 Å². The number of para-hydroxylation sites is 1. The maximum absolute atomic E-state index is 11.8. The van der Waals surface area contributed by atoms with Gasteiger partial charge in [0.1, 0.15) is 5.69 Å². The minimum atomic E-state index is -0.856. The molecule has 1 N–H and O–H groups in total. The molecule has 1 atom stereocenters. The molecule has 3 nitrogen and oxygen atoms in total. The van der Waals surface area contributed by atoms with Gasteiger partial charge in [-0.25, -0.2) is 4.79 Å². The van der Waals surface area contributed by atoms with Crippen LogP contribution in [0.25, 0.3) is 10.9 Å². The van der Waals surface area contributed by atoms with E-state index in [4.69, 9.17) is 0 Å². The summed E-state index contributed by atoms with van der Waals surface area (Å²) in [4.78, 5) is 11.8. The number of hydrogen-bond donors (Lipinski definition) is 1. The molecule has 0 aliphatic carbocycles. The Morgan fingerprint density at radius 2 is 1.77 bits per heavy atom. The highest BCUT2D eigenvalue weighted by atomic mass is 16.4. The highest BCUT2D eigenvalue weighted by molar-refractivity contribution is 5.94. The number of aromatic carboxylic acids is 1. The molecule has 1 aromatic carbocycles. The number of rotatable bonds is 6. The fourth-order valence-electron chi connectivity index (χ4n) is 3.41. The summed E-state index contributed by atoms with van der Waals surface area (Å²) < 4.78 is 2.04. The minimum Gasteiger partial charge on any atom is -0.477 e. The Labute approximate surface area is 133 Å². The zero-order valence-electron chi connectivity index (χ0n) is 14.3. The van der Waals surface area contributed by atoms with Gasteiger partial charge in [0.15, 0.2) is 0 Å². The highest BCUT2D eigenvalue weighted by Gasteiger charge is 2.35. The van der Waals surface area contributed by atoms with Crippen LogP contribution in [0.4, 0.5) is 0 Å². The summed E-state index contributed by atoms with van der Waals surface area (Å²) in [6.07, 6.45) is 2.92. The summed E-state index contributed by atoms with van der Waals surface area (Å²) in [7, 11) is 0. The summed E-state index contributed by atoms with van der Waals surface area (Å²) in [6.45, 7) is 11.0. The average molecular weight is 301 g/mol. The van der Waals surface area contributed by atoms with Crippen LogP contribution in [0.3, 0.4) is 0 Å². The number of hydrogen-bond acceptors (Lipinski definition) is 1. The van der Waals surface area contributed by atoms with Crippen molar-refractivity contribution in [3.8, 4) is 0 Å². The molecule has 0 saturated carbocycles. The summed E-state index contributed by atoms with van der Waals surface area (Å²) in [5, 5.41) is 10.7. The molecule has 120 valence electrons. The molecule has 0 amide bonds. The van der Waals surface area contributed by atoms with Gasteiger partial charge >= 0.3 is 5.97 Å². The van der Waals surface area contributed by atoms with E-state index in [1.165, 1.54) is 0 Å². The van der Waals surface area contributed by atoms with Gasteiger partial charge in [0.25, 0.3) is 0 Å². The second kappa shape index (κ2) is 5.79. The molecule has 0 fully saturated rings. The first-order valence-corrected chi connectivity index (χ1v) is 8.08. The van der Waals surface area contributed by atoms with Crippen molar-refractivity contribution in [2.45, 2.75) is 59.4 Å². The van der Waals surface area contributed by atoms with Crippen molar-refractivity contribution >= 4 is 16.9 Å². The fraction of sp³-hybridized carbons (Fsp3) is 0.526. The molecule has 0 spiro atoms. The second-order valence-corrected chi connectivity index (χ2v) is 7.27. The van der Waals surface area contributed by atoms with E-state index in [0.29, 0.717) is 5.69 Å². The summed E-state index contributed by atoms with van der Waals surface area (Å²) in [5.74, 6) is -0.856. The first-order chi connectivity index (χ1) is 10.2. The predicted octanol–water partition coefficient (Wildman–Crippen LogP) is 5.29. The number of carbonyl (C=O) groups is 1. The van der Waals surface area contributed by atoms with E-state index in [1.54, 1.807) is 6.07 Å². The molecular formula is C19H27NO2. The third-order valence-electron chi connectivity index (χ3n) is 5.05. The van der Waals surface area contributed by atoms with Crippen LogP contribution in [0.15, 0.2) is 30.3 Å². The lowest BCUT2D eigenvalue weighted by Crippen LogP contribution is -2.36. The maximum atomic E-state index is 11.8. The number of carboxylic acids is 1. The van der Waals surface area contributed by atoms with Crippen LogP contribution >= 0.6 is 0 Å². The highest BCUT2D eigenvalue weighted by Crippen LogP contribution is 2.40. The van der Waals surface area contributed by atoms with Crippen molar-refractivity contribution in [2.75, 3.05) is 0 Å². The number of fused-ring (bicyclic) bond motifs is 1. The molecule has 1 unspecified atom stereocenters. The molecule has 1 heterocycles. The number of benzene rings is 1. The summed E-state index contributed by atoms with van der Waals surface area (Å²) in [5.41, 5.74) is 1.36. The summed E-state index contributed by atoms with van der Waals surface area (Å²) >= 11 is 0. The summed E-state index contributed by atoms with van der Waals surface area (Å²) in [6, 6.07) is 9.74. The van der Waals surface area contributed by atoms with Gasteiger partial charge in [-0.15, -0.1) is 0 Å². The smallest absolute Gasteiger partial charge is 0.352 e. The Hall–Kier alpha value is -1.77. The SMILES string of the molecule is CCC(C)(C)CC(C)(CC)n1c(C(=O)O)cc2ccccc21. The molecule has 0 radical (unpaired) electrons. The predicted molar refractivity (Wildman–Crippen MR) is 91.5 cm³/mol. The molecule has 3 heteroatoms. The monoisotopic (exact) mass is 301 g/mol. The molecule has 0 aliphatic rings. The number of aromatic nitrogens is 1. The molecule has 2 aromatic rings. The van der Waals surface area contributed by atoms with Gasteiger partial charge in [0.2, 0.25) is 0 Å². The van der Waals surface area contributed by atoms with Crippen molar-refractivity contribution in [1.82, 2.24) is 4.57 Å². The Kier molecular flexibility index (Phi) is 4.37. The van der Waals surface area contributed by atoms with E-state index in [1.807, 2.05) is 28.8 Å². The number of nitrogens with zero attached hydrogens (tertiary/aromatic N) is 1. The Morgan fingerprint density at radius 3 is 2.32 bits per heavy atom. The fourth-order valence-corrected chi connectivity index (χ4v) is 3.41. The van der Waals surface area contributed by atoms with Crippen molar-refractivity contribution in [3.63, 3.8) is 0 Å². The van der Waals surface area contributed by atoms with Crippen molar-refractivity contribution in [3.05, 3.63) is 36.0 Å². The van der Waals surface area contributed by atoms with Gasteiger partial charge in [-0.05, 0) is 37.3 Å². The van der Waals surface area contributed by atoms with Crippen molar-refractivity contribution < 1.29 is 9.90 Å². The molecule has 0 saturated heterocycles. The van der Waals surface area contributed by atoms with Gasteiger partial charge in [0, 0.05) is 16.4 Å². The minimum absolute atomic E-state index is 0.173. The first kappa shape index (κ1) is 16.6. The lowest BCUT2D eigenvalue weighted by molar-refractivity contribution is 0.0667. The average Bonchev–Trinajstić information content (AvgIpc) is 2.87. The normalized spacial score (nSPS) is 15.0. The van der Waals surface area contributed by atoms with E-state index >= 15 is 0 Å². The van der Waals surface area contributed by atoms with Gasteiger partial charge < -0.3 is 9.67 Å². The topological polar surface area (TPSA) is 42.2 Å². The molecule has 2 rings (SSSR count). The Bertz CT molecular complexity index is 684. The van der Waals surface area contributed by atoms with Crippen LogP contribution in [0.1, 0.15) is 64.4 Å². The molecule has 1 aromatic heterocycles. The quantitative estimate of drug-likeness (QED) is 0.787. The van der Waals surface area contributed by atoms with Crippen LogP contribution in [0.5, 0.6) is 0 Å². The van der Waals surface area contributed by atoms with E-state index < -0.39 is 5.97 Å². The maximum Gasteiger partial charge on any atom is 0.352 e. The number of carboxylic acid groups (broad SMARTS) is 1. The third-order valence-corrected chi connectivity index (χ3v) is 5.05. The van der Waals surface area contributed by atoms with E-state index in [2.05, 4.69) is 34.6 Å². The van der Waals surface area contributed by atoms with Gasteiger partial charge in [-0.1, -0.05) is 52.3 Å². The molecular weight excluding hydrogens is 274 g/mol. The Morgan fingerprint density at radius 1 is 1.14 bits per heavy atom. The van der Waals surface area contributed by atoms with Crippen LogP contribution in [0.2, 0.25) is 0 Å². The first-order valence-electron chi connectivity index (χ1n) is 8.08. The van der Waals surface area contributed by atoms with E-state index in [-0.39, 0.29) is 11.0 Å². The Balaban J connectivity index is 2.68. The van der Waals surface area contributed by atoms with Crippen LogP contribution in [0, 0.1) is 5.41 Å². The second-order valence-electron chi connectivity index (χ2n) is 7.27. The zero-order valence-corrected chi connectivity index (χ0v) is 14.3. The molecule has 0 bridgehead atoms. The van der Waals surface area contributed by atoms with Gasteiger partial charge in [0.05, 0.1) is 0 Å². The van der Waals surface area contributed by atoms with Crippen LogP contribution in [-0.2, 0) is 5.54 Å². The van der Waals surface area contributed by atoms with Gasteiger partial charge in [-0.3, -0.25) is 0 Å². The van der Waals surface area contributed by atoms with Crippen LogP contribution in [-0.4, -0.2) is 15.6 Å². The van der Waals surface area contributed by atoms with Crippen molar-refractivity contribution in [2.24, 2.45) is 5.41 Å². The lowest BCUT2D eigenvalue weighted by atomic mass is 9.76.